The molecule has 0 bridgehead atoms. The van der Waals surface area contributed by atoms with Crippen molar-refractivity contribution in [1.82, 2.24) is 0 Å². The summed E-state index contributed by atoms with van der Waals surface area (Å²) in [5, 5.41) is 3.29. The van der Waals surface area contributed by atoms with Gasteiger partial charge in [0.05, 0.1) is 24.6 Å². The molecule has 0 heterocycles. The number of hydrogen-bond donors (Lipinski definition) is 1. The van der Waals surface area contributed by atoms with E-state index in [9.17, 15) is 13.2 Å². The predicted molar refractivity (Wildman–Crippen MR) is 129 cm³/mol. The molecule has 0 aliphatic carbocycles. The molecule has 3 rings (SSSR count). The van der Waals surface area contributed by atoms with Gasteiger partial charge in [0.2, 0.25) is 10.0 Å². The van der Waals surface area contributed by atoms with Gasteiger partial charge in [-0.2, -0.15) is 0 Å². The van der Waals surface area contributed by atoms with E-state index in [1.807, 2.05) is 13.8 Å². The van der Waals surface area contributed by atoms with Crippen LogP contribution < -0.4 is 14.4 Å². The van der Waals surface area contributed by atoms with E-state index in [0.717, 1.165) is 17.6 Å². The molecule has 0 aromatic heterocycles. The molecule has 0 spiro atoms. The molecule has 1 amide bonds. The lowest BCUT2D eigenvalue weighted by Crippen LogP contribution is -2.29. The van der Waals surface area contributed by atoms with Crippen LogP contribution in [-0.2, 0) is 16.6 Å². The van der Waals surface area contributed by atoms with E-state index >= 15 is 0 Å². The van der Waals surface area contributed by atoms with E-state index in [0.29, 0.717) is 22.0 Å². The molecule has 168 valence electrons. The number of ether oxygens (including phenoxy) is 1. The molecule has 8 heteroatoms. The minimum absolute atomic E-state index is 0.0754. The second-order valence-electron chi connectivity index (χ2n) is 7.59. The summed E-state index contributed by atoms with van der Waals surface area (Å²) in [4.78, 5) is 12.6. The van der Waals surface area contributed by atoms with Gasteiger partial charge < -0.3 is 10.1 Å². The Hall–Kier alpha value is -3.03. The first kappa shape index (κ1) is 23.6. The van der Waals surface area contributed by atoms with E-state index < -0.39 is 10.0 Å². The zero-order valence-electron chi connectivity index (χ0n) is 18.1. The van der Waals surface area contributed by atoms with Crippen molar-refractivity contribution in [3.8, 4) is 5.75 Å². The van der Waals surface area contributed by atoms with E-state index in [4.69, 9.17) is 16.3 Å². The Morgan fingerprint density at radius 3 is 2.25 bits per heavy atom. The summed E-state index contributed by atoms with van der Waals surface area (Å²) < 4.78 is 31.5. The van der Waals surface area contributed by atoms with Crippen LogP contribution in [0.4, 0.5) is 11.4 Å². The number of carbonyl (C=O) groups excluding carboxylic acids is 1. The Morgan fingerprint density at radius 2 is 1.69 bits per heavy atom. The van der Waals surface area contributed by atoms with Crippen molar-refractivity contribution in [2.45, 2.75) is 26.5 Å². The summed E-state index contributed by atoms with van der Waals surface area (Å²) in [6, 6.07) is 20.6. The number of halogens is 1. The van der Waals surface area contributed by atoms with Crippen molar-refractivity contribution >= 4 is 38.9 Å². The van der Waals surface area contributed by atoms with Crippen LogP contribution in [-0.4, -0.2) is 26.7 Å². The quantitative estimate of drug-likeness (QED) is 0.479. The van der Waals surface area contributed by atoms with Gasteiger partial charge in [0.25, 0.3) is 5.91 Å². The SMILES string of the molecule is CC(C)Oc1ccc(NC(=O)c2ccc(CN(c3cccc(Cl)c3)S(C)(=O)=O)cc2)cc1. The van der Waals surface area contributed by atoms with Gasteiger partial charge in [0.15, 0.2) is 0 Å². The number of nitrogens with zero attached hydrogens (tertiary/aromatic N) is 1. The molecule has 1 N–H and O–H groups in total. The van der Waals surface area contributed by atoms with E-state index in [1.54, 1.807) is 72.8 Å². The number of sulfonamides is 1. The van der Waals surface area contributed by atoms with Crippen molar-refractivity contribution in [3.63, 3.8) is 0 Å². The monoisotopic (exact) mass is 472 g/mol. The van der Waals surface area contributed by atoms with Crippen LogP contribution in [0, 0.1) is 0 Å². The Labute approximate surface area is 193 Å². The van der Waals surface area contributed by atoms with Crippen molar-refractivity contribution in [3.05, 3.63) is 88.9 Å². The molecule has 0 radical (unpaired) electrons. The van der Waals surface area contributed by atoms with Crippen molar-refractivity contribution in [2.75, 3.05) is 15.9 Å². The number of nitrogens with one attached hydrogen (secondary N) is 1. The zero-order chi connectivity index (χ0) is 23.3. The highest BCUT2D eigenvalue weighted by Gasteiger charge is 2.18. The Morgan fingerprint density at radius 1 is 1.03 bits per heavy atom. The summed E-state index contributed by atoms with van der Waals surface area (Å²) in [6.45, 7) is 4.02. The fourth-order valence-corrected chi connectivity index (χ4v) is 4.12. The summed E-state index contributed by atoms with van der Waals surface area (Å²) in [5.74, 6) is 0.473. The molecule has 0 aliphatic rings. The number of hydrogen-bond acceptors (Lipinski definition) is 4. The molecular formula is C24H25ClN2O4S. The Bertz CT molecular complexity index is 1180. The van der Waals surface area contributed by atoms with Crippen LogP contribution in [0.3, 0.4) is 0 Å². The molecule has 3 aromatic carbocycles. The molecule has 0 unspecified atom stereocenters. The van der Waals surface area contributed by atoms with Gasteiger partial charge in [0.1, 0.15) is 5.75 Å². The Kier molecular flexibility index (Phi) is 7.43. The van der Waals surface area contributed by atoms with E-state index in [2.05, 4.69) is 5.32 Å². The minimum atomic E-state index is -3.53. The van der Waals surface area contributed by atoms with E-state index in [1.165, 1.54) is 4.31 Å². The number of carbonyl (C=O) groups is 1. The molecular weight excluding hydrogens is 448 g/mol. The summed E-state index contributed by atoms with van der Waals surface area (Å²) in [7, 11) is -3.53. The van der Waals surface area contributed by atoms with Crippen molar-refractivity contribution in [2.24, 2.45) is 0 Å². The third-order valence-corrected chi connectivity index (χ3v) is 5.90. The highest BCUT2D eigenvalue weighted by molar-refractivity contribution is 7.92. The molecule has 0 atom stereocenters. The molecule has 0 saturated heterocycles. The summed E-state index contributed by atoms with van der Waals surface area (Å²) >= 11 is 6.02. The maximum atomic E-state index is 12.6. The summed E-state index contributed by atoms with van der Waals surface area (Å²) in [6.07, 6.45) is 1.22. The number of anilines is 2. The van der Waals surface area contributed by atoms with Crippen LogP contribution in [0.15, 0.2) is 72.8 Å². The number of benzene rings is 3. The molecule has 0 aliphatic heterocycles. The summed E-state index contributed by atoms with van der Waals surface area (Å²) in [5.41, 5.74) is 2.33. The number of rotatable bonds is 8. The van der Waals surface area contributed by atoms with Gasteiger partial charge in [-0.1, -0.05) is 29.8 Å². The minimum Gasteiger partial charge on any atom is -0.491 e. The standard InChI is InChI=1S/C24H25ClN2O4S/c1-17(2)31-23-13-11-21(12-14-23)26-24(28)19-9-7-18(8-10-19)16-27(32(3,29)30)22-6-4-5-20(25)15-22/h4-15,17H,16H2,1-3H3,(H,26,28). The molecule has 0 fully saturated rings. The Balaban J connectivity index is 1.70. The van der Waals surface area contributed by atoms with Gasteiger partial charge in [-0.05, 0) is 74.0 Å². The molecule has 32 heavy (non-hydrogen) atoms. The molecule has 0 saturated carbocycles. The normalized spacial score (nSPS) is 11.3. The topological polar surface area (TPSA) is 75.7 Å². The van der Waals surface area contributed by atoms with Crippen molar-refractivity contribution < 1.29 is 17.9 Å². The zero-order valence-corrected chi connectivity index (χ0v) is 19.7. The first-order valence-electron chi connectivity index (χ1n) is 10.0. The second-order valence-corrected chi connectivity index (χ2v) is 9.93. The first-order chi connectivity index (χ1) is 15.1. The van der Waals surface area contributed by atoms with Crippen LogP contribution in [0.25, 0.3) is 0 Å². The van der Waals surface area contributed by atoms with Gasteiger partial charge >= 0.3 is 0 Å². The highest BCUT2D eigenvalue weighted by Crippen LogP contribution is 2.24. The van der Waals surface area contributed by atoms with Gasteiger partial charge in [-0.3, -0.25) is 9.10 Å². The fourth-order valence-electron chi connectivity index (χ4n) is 3.05. The lowest BCUT2D eigenvalue weighted by molar-refractivity contribution is 0.102. The van der Waals surface area contributed by atoms with Gasteiger partial charge in [-0.25, -0.2) is 8.42 Å². The van der Waals surface area contributed by atoms with Gasteiger partial charge in [-0.15, -0.1) is 0 Å². The number of amides is 1. The van der Waals surface area contributed by atoms with E-state index in [-0.39, 0.29) is 18.6 Å². The van der Waals surface area contributed by atoms with Gasteiger partial charge in [0, 0.05) is 16.3 Å². The van der Waals surface area contributed by atoms with Crippen molar-refractivity contribution in [1.29, 1.82) is 0 Å². The average molecular weight is 473 g/mol. The lowest BCUT2D eigenvalue weighted by Gasteiger charge is -2.22. The third kappa shape index (κ3) is 6.48. The second kappa shape index (κ2) is 10.1. The average Bonchev–Trinajstić information content (AvgIpc) is 2.72. The molecule has 6 nitrogen and oxygen atoms in total. The lowest BCUT2D eigenvalue weighted by atomic mass is 10.1. The molecule has 3 aromatic rings. The largest absolute Gasteiger partial charge is 0.491 e. The van der Waals surface area contributed by atoms with Crippen LogP contribution in [0.2, 0.25) is 5.02 Å². The smallest absolute Gasteiger partial charge is 0.255 e. The predicted octanol–water partition coefficient (Wildman–Crippen LogP) is 5.35. The van der Waals surface area contributed by atoms with Crippen LogP contribution in [0.5, 0.6) is 5.75 Å². The van der Waals surface area contributed by atoms with Crippen LogP contribution in [0.1, 0.15) is 29.8 Å². The van der Waals surface area contributed by atoms with Crippen LogP contribution >= 0.6 is 11.6 Å². The first-order valence-corrected chi connectivity index (χ1v) is 12.2. The maximum absolute atomic E-state index is 12.6. The third-order valence-electron chi connectivity index (χ3n) is 4.52. The fraction of sp³-hybridized carbons (Fsp3) is 0.208. The maximum Gasteiger partial charge on any atom is 0.255 e. The highest BCUT2D eigenvalue weighted by atomic mass is 35.5.